The Kier molecular flexibility index (Phi) is 4.05. The number of carbonyl (C=O) groups excluding carboxylic acids is 1. The first kappa shape index (κ1) is 15.7. The predicted octanol–water partition coefficient (Wildman–Crippen LogP) is 2.46. The van der Waals surface area contributed by atoms with Gasteiger partial charge in [-0.3, -0.25) is 9.78 Å². The third-order valence-corrected chi connectivity index (χ3v) is 5.89. The summed E-state index contributed by atoms with van der Waals surface area (Å²) >= 11 is 1.54. The predicted molar refractivity (Wildman–Crippen MR) is 89.1 cm³/mol. The number of aromatic nitrogens is 2. The van der Waals surface area contributed by atoms with Crippen LogP contribution in [0.2, 0.25) is 0 Å². The van der Waals surface area contributed by atoms with Crippen molar-refractivity contribution in [3.05, 3.63) is 46.4 Å². The monoisotopic (exact) mass is 346 g/mol. The Balaban J connectivity index is 1.60. The van der Waals surface area contributed by atoms with Gasteiger partial charge in [0.05, 0.1) is 18.3 Å². The fraction of sp³-hybridized carbons (Fsp3) is 0.471. The first-order valence-corrected chi connectivity index (χ1v) is 9.07. The summed E-state index contributed by atoms with van der Waals surface area (Å²) in [6.45, 7) is 2.47. The number of hydrogen-bond acceptors (Lipinski definition) is 5. The van der Waals surface area contributed by atoms with Crippen molar-refractivity contribution in [2.24, 2.45) is 5.41 Å². The molecule has 0 aromatic carbocycles. The van der Waals surface area contributed by atoms with Crippen LogP contribution in [-0.2, 0) is 6.54 Å². The summed E-state index contributed by atoms with van der Waals surface area (Å²) in [4.78, 5) is 23.0. The van der Waals surface area contributed by atoms with Crippen molar-refractivity contribution in [2.75, 3.05) is 13.1 Å². The molecule has 2 aromatic heterocycles. The van der Waals surface area contributed by atoms with Crippen LogP contribution in [0.1, 0.15) is 34.6 Å². The van der Waals surface area contributed by atoms with E-state index in [2.05, 4.69) is 15.3 Å². The number of nitrogens with one attached hydrogen (secondary N) is 1. The molecule has 2 aromatic rings. The second-order valence-corrected chi connectivity index (χ2v) is 7.56. The van der Waals surface area contributed by atoms with E-state index in [1.807, 2.05) is 10.3 Å². The molecule has 2 aliphatic rings. The summed E-state index contributed by atoms with van der Waals surface area (Å²) in [5.74, 6) is -0.639. The van der Waals surface area contributed by atoms with E-state index in [0.717, 1.165) is 43.6 Å². The van der Waals surface area contributed by atoms with Crippen LogP contribution in [0.5, 0.6) is 0 Å². The maximum atomic E-state index is 13.5. The highest BCUT2D eigenvalue weighted by molar-refractivity contribution is 7.09. The van der Waals surface area contributed by atoms with Gasteiger partial charge >= 0.3 is 0 Å². The number of carbonyl (C=O) groups is 1. The van der Waals surface area contributed by atoms with Gasteiger partial charge in [0, 0.05) is 23.8 Å². The summed E-state index contributed by atoms with van der Waals surface area (Å²) in [5.41, 5.74) is 0.529. The lowest BCUT2D eigenvalue weighted by molar-refractivity contribution is 0.0691. The molecule has 0 bridgehead atoms. The van der Waals surface area contributed by atoms with E-state index >= 15 is 0 Å². The molecule has 1 atom stereocenters. The summed E-state index contributed by atoms with van der Waals surface area (Å²) in [7, 11) is 0. The number of halogens is 1. The molecule has 3 heterocycles. The first-order chi connectivity index (χ1) is 11.7. The number of thiazole rings is 1. The molecule has 1 saturated carbocycles. The van der Waals surface area contributed by atoms with Gasteiger partial charge in [-0.15, -0.1) is 11.3 Å². The molecule has 4 rings (SSSR count). The number of amides is 1. The van der Waals surface area contributed by atoms with Gasteiger partial charge in [0.2, 0.25) is 0 Å². The molecule has 1 unspecified atom stereocenters. The van der Waals surface area contributed by atoms with Gasteiger partial charge in [0.1, 0.15) is 10.8 Å². The molecule has 5 nitrogen and oxygen atoms in total. The molecule has 1 aliphatic carbocycles. The Labute approximate surface area is 143 Å². The van der Waals surface area contributed by atoms with Crippen LogP contribution < -0.4 is 5.32 Å². The molecule has 126 valence electrons. The van der Waals surface area contributed by atoms with Gasteiger partial charge < -0.3 is 10.2 Å². The van der Waals surface area contributed by atoms with E-state index in [1.165, 1.54) is 12.3 Å². The number of piperidine rings is 1. The van der Waals surface area contributed by atoms with Crippen molar-refractivity contribution in [3.8, 4) is 0 Å². The van der Waals surface area contributed by atoms with Crippen molar-refractivity contribution < 1.29 is 9.18 Å². The molecule has 1 saturated heterocycles. The molecule has 24 heavy (non-hydrogen) atoms. The van der Waals surface area contributed by atoms with E-state index in [1.54, 1.807) is 17.5 Å². The van der Waals surface area contributed by atoms with Gasteiger partial charge in [-0.25, -0.2) is 9.37 Å². The lowest BCUT2D eigenvalue weighted by Crippen LogP contribution is -2.39. The first-order valence-electron chi connectivity index (χ1n) is 8.19. The maximum Gasteiger partial charge on any atom is 0.256 e. The van der Waals surface area contributed by atoms with Crippen molar-refractivity contribution in [3.63, 3.8) is 0 Å². The van der Waals surface area contributed by atoms with Gasteiger partial charge in [-0.2, -0.15) is 0 Å². The number of pyridine rings is 1. The quantitative estimate of drug-likeness (QED) is 0.924. The third kappa shape index (κ3) is 2.93. The fourth-order valence-electron chi connectivity index (χ4n) is 3.72. The minimum Gasteiger partial charge on any atom is -0.328 e. The highest BCUT2D eigenvalue weighted by Gasteiger charge is 2.57. The number of rotatable bonds is 4. The maximum absolute atomic E-state index is 13.5. The molecule has 1 aliphatic heterocycles. The average Bonchev–Trinajstić information content (AvgIpc) is 3.04. The van der Waals surface area contributed by atoms with Crippen LogP contribution >= 0.6 is 11.3 Å². The summed E-state index contributed by atoms with van der Waals surface area (Å²) in [6.07, 6.45) is 7.50. The van der Waals surface area contributed by atoms with Crippen LogP contribution in [0.4, 0.5) is 4.39 Å². The normalized spacial score (nSPS) is 21.6. The highest BCUT2D eigenvalue weighted by Crippen LogP contribution is 2.56. The van der Waals surface area contributed by atoms with E-state index in [9.17, 15) is 9.18 Å². The smallest absolute Gasteiger partial charge is 0.256 e. The van der Waals surface area contributed by atoms with E-state index in [4.69, 9.17) is 0 Å². The Bertz CT molecular complexity index is 730. The third-order valence-electron chi connectivity index (χ3n) is 5.12. The SMILES string of the molecule is O=C(c1cncc(F)c1)N(Cc1nccs1)C1CC12CCNCC2. The molecular formula is C17H19FN4OS. The second kappa shape index (κ2) is 6.22. The molecule has 7 heteroatoms. The minimum absolute atomic E-state index is 0.155. The van der Waals surface area contributed by atoms with Crippen LogP contribution in [0.3, 0.4) is 0 Å². The van der Waals surface area contributed by atoms with Crippen molar-refractivity contribution in [1.29, 1.82) is 0 Å². The topological polar surface area (TPSA) is 58.1 Å². The largest absolute Gasteiger partial charge is 0.328 e. The summed E-state index contributed by atoms with van der Waals surface area (Å²) in [5, 5.41) is 6.20. The van der Waals surface area contributed by atoms with Crippen LogP contribution in [-0.4, -0.2) is 39.9 Å². The van der Waals surface area contributed by atoms with Crippen molar-refractivity contribution >= 4 is 17.2 Å². The van der Waals surface area contributed by atoms with Gasteiger partial charge in [-0.05, 0) is 43.8 Å². The molecule has 1 spiro atoms. The number of hydrogen-bond donors (Lipinski definition) is 1. The Morgan fingerprint density at radius 2 is 2.25 bits per heavy atom. The fourth-order valence-corrected chi connectivity index (χ4v) is 4.34. The van der Waals surface area contributed by atoms with E-state index in [0.29, 0.717) is 12.1 Å². The standard InChI is InChI=1S/C17H19FN4OS/c18-13-7-12(9-20-10-13)16(23)22(11-15-21-5-6-24-15)14-8-17(14)1-3-19-4-2-17/h5-7,9-10,14,19H,1-4,8,11H2. The van der Waals surface area contributed by atoms with Gasteiger partial charge in [0.15, 0.2) is 0 Å². The van der Waals surface area contributed by atoms with E-state index < -0.39 is 5.82 Å². The lowest BCUT2D eigenvalue weighted by atomic mass is 9.93. The Morgan fingerprint density at radius 3 is 2.96 bits per heavy atom. The Hall–Kier alpha value is -1.86. The summed E-state index contributed by atoms with van der Waals surface area (Å²) < 4.78 is 13.5. The molecule has 0 radical (unpaired) electrons. The van der Waals surface area contributed by atoms with Crippen LogP contribution in [0.15, 0.2) is 30.0 Å². The highest BCUT2D eigenvalue weighted by atomic mass is 32.1. The lowest BCUT2D eigenvalue weighted by Gasteiger charge is -2.29. The minimum atomic E-state index is -0.484. The summed E-state index contributed by atoms with van der Waals surface area (Å²) in [6, 6.07) is 1.47. The molecular weight excluding hydrogens is 327 g/mol. The zero-order chi connectivity index (χ0) is 16.6. The zero-order valence-corrected chi connectivity index (χ0v) is 14.1. The van der Waals surface area contributed by atoms with E-state index in [-0.39, 0.29) is 17.4 Å². The Morgan fingerprint density at radius 1 is 1.42 bits per heavy atom. The van der Waals surface area contributed by atoms with Crippen LogP contribution in [0.25, 0.3) is 0 Å². The van der Waals surface area contributed by atoms with Crippen molar-refractivity contribution in [1.82, 2.24) is 20.2 Å². The zero-order valence-electron chi connectivity index (χ0n) is 13.2. The molecule has 2 fully saturated rings. The van der Waals surface area contributed by atoms with Crippen molar-refractivity contribution in [2.45, 2.75) is 31.8 Å². The molecule has 1 amide bonds. The second-order valence-electron chi connectivity index (χ2n) is 6.58. The van der Waals surface area contributed by atoms with Gasteiger partial charge in [0.25, 0.3) is 5.91 Å². The average molecular weight is 346 g/mol. The van der Waals surface area contributed by atoms with Crippen LogP contribution in [0, 0.1) is 11.2 Å². The number of nitrogens with zero attached hydrogens (tertiary/aromatic N) is 3. The van der Waals surface area contributed by atoms with Gasteiger partial charge in [-0.1, -0.05) is 0 Å². The molecule has 1 N–H and O–H groups in total.